The molecule has 0 bridgehead atoms. The van der Waals surface area contributed by atoms with Gasteiger partial charge in [0, 0.05) is 19.6 Å². The van der Waals surface area contributed by atoms with Crippen molar-refractivity contribution in [3.8, 4) is 5.75 Å². The number of nitrogens with zero attached hydrogens (tertiary/aromatic N) is 2. The van der Waals surface area contributed by atoms with Crippen molar-refractivity contribution in [2.45, 2.75) is 19.7 Å². The number of rotatable bonds is 6. The van der Waals surface area contributed by atoms with Crippen LogP contribution in [0.5, 0.6) is 5.75 Å². The third-order valence-corrected chi connectivity index (χ3v) is 4.55. The van der Waals surface area contributed by atoms with Gasteiger partial charge in [-0.05, 0) is 23.3 Å². The molecule has 29 heavy (non-hydrogen) atoms. The molecule has 1 amide bonds. The van der Waals surface area contributed by atoms with E-state index in [-0.39, 0.29) is 30.4 Å². The van der Waals surface area contributed by atoms with Gasteiger partial charge in [-0.1, -0.05) is 42.5 Å². The third kappa shape index (κ3) is 4.11. The van der Waals surface area contributed by atoms with Crippen LogP contribution in [0, 0.1) is 5.82 Å². The molecule has 2 aromatic carbocycles. The zero-order chi connectivity index (χ0) is 20.2. The van der Waals surface area contributed by atoms with Gasteiger partial charge in [-0.25, -0.2) is 9.37 Å². The number of hydrogen-bond donors (Lipinski definition) is 2. The minimum absolute atomic E-state index is 0.0753. The SMILES string of the molecule is O=C(NCc1ccc(F)cc1)c1nc2n(c(=O)c1OCc1ccccc1)CCN2. The van der Waals surface area contributed by atoms with Gasteiger partial charge in [-0.15, -0.1) is 0 Å². The Labute approximate surface area is 166 Å². The first-order valence-electron chi connectivity index (χ1n) is 9.20. The van der Waals surface area contributed by atoms with Crippen molar-refractivity contribution >= 4 is 11.9 Å². The lowest BCUT2D eigenvalue weighted by Crippen LogP contribution is -2.30. The molecular formula is C21H19FN4O3. The lowest BCUT2D eigenvalue weighted by molar-refractivity contribution is 0.0940. The fourth-order valence-corrected chi connectivity index (χ4v) is 3.04. The summed E-state index contributed by atoms with van der Waals surface area (Å²) in [5, 5.41) is 5.70. The molecule has 4 rings (SSSR count). The number of benzene rings is 2. The van der Waals surface area contributed by atoms with Gasteiger partial charge < -0.3 is 15.4 Å². The molecule has 0 saturated heterocycles. The van der Waals surface area contributed by atoms with E-state index in [0.29, 0.717) is 19.0 Å². The largest absolute Gasteiger partial charge is 0.481 e. The monoisotopic (exact) mass is 394 g/mol. The fourth-order valence-electron chi connectivity index (χ4n) is 3.04. The molecule has 0 fully saturated rings. The molecule has 0 spiro atoms. The van der Waals surface area contributed by atoms with Crippen molar-refractivity contribution in [1.29, 1.82) is 0 Å². The number of ether oxygens (including phenoxy) is 1. The Hall–Kier alpha value is -3.68. The Bertz CT molecular complexity index is 1080. The highest BCUT2D eigenvalue weighted by Crippen LogP contribution is 2.19. The first kappa shape index (κ1) is 18.7. The molecule has 0 aliphatic carbocycles. The molecule has 0 saturated carbocycles. The first-order chi connectivity index (χ1) is 14.1. The minimum atomic E-state index is -0.536. The first-order valence-corrected chi connectivity index (χ1v) is 9.20. The number of fused-ring (bicyclic) bond motifs is 1. The normalized spacial score (nSPS) is 12.2. The van der Waals surface area contributed by atoms with E-state index in [1.807, 2.05) is 30.3 Å². The molecule has 148 valence electrons. The number of carbonyl (C=O) groups excluding carboxylic acids is 1. The number of aromatic nitrogens is 2. The summed E-state index contributed by atoms with van der Waals surface area (Å²) in [5.74, 6) is -0.630. The number of nitrogens with one attached hydrogen (secondary N) is 2. The second kappa shape index (κ2) is 8.14. The Kier molecular flexibility index (Phi) is 5.24. The smallest absolute Gasteiger partial charge is 0.298 e. The minimum Gasteiger partial charge on any atom is -0.481 e. The number of hydrogen-bond acceptors (Lipinski definition) is 5. The van der Waals surface area contributed by atoms with Gasteiger partial charge in [0.15, 0.2) is 5.69 Å². The predicted octanol–water partition coefficient (Wildman–Crippen LogP) is 2.32. The van der Waals surface area contributed by atoms with E-state index in [9.17, 15) is 14.0 Å². The van der Waals surface area contributed by atoms with Crippen molar-refractivity contribution in [2.24, 2.45) is 0 Å². The van der Waals surface area contributed by atoms with Gasteiger partial charge in [0.05, 0.1) is 0 Å². The number of anilines is 1. The average Bonchev–Trinajstić information content (AvgIpc) is 3.22. The lowest BCUT2D eigenvalue weighted by Gasteiger charge is -2.13. The second-order valence-electron chi connectivity index (χ2n) is 6.58. The zero-order valence-electron chi connectivity index (χ0n) is 15.5. The van der Waals surface area contributed by atoms with E-state index in [2.05, 4.69) is 15.6 Å². The average molecular weight is 394 g/mol. The molecule has 8 heteroatoms. The van der Waals surface area contributed by atoms with E-state index in [1.165, 1.54) is 16.7 Å². The van der Waals surface area contributed by atoms with Crippen LogP contribution in [0.2, 0.25) is 0 Å². The van der Waals surface area contributed by atoms with Crippen molar-refractivity contribution in [3.05, 3.63) is 87.6 Å². The highest BCUT2D eigenvalue weighted by molar-refractivity contribution is 5.95. The van der Waals surface area contributed by atoms with Crippen molar-refractivity contribution < 1.29 is 13.9 Å². The van der Waals surface area contributed by atoms with Crippen LogP contribution < -0.4 is 20.9 Å². The summed E-state index contributed by atoms with van der Waals surface area (Å²) in [6.07, 6.45) is 0. The van der Waals surface area contributed by atoms with Gasteiger partial charge in [-0.2, -0.15) is 0 Å². The molecule has 7 nitrogen and oxygen atoms in total. The zero-order valence-corrected chi connectivity index (χ0v) is 15.5. The van der Waals surface area contributed by atoms with Crippen LogP contribution >= 0.6 is 0 Å². The Morgan fingerprint density at radius 2 is 1.90 bits per heavy atom. The van der Waals surface area contributed by atoms with Crippen LogP contribution in [0.3, 0.4) is 0 Å². The van der Waals surface area contributed by atoms with E-state index in [4.69, 9.17) is 4.74 Å². The molecule has 1 aromatic heterocycles. The summed E-state index contributed by atoms with van der Waals surface area (Å²) >= 11 is 0. The van der Waals surface area contributed by atoms with Crippen molar-refractivity contribution in [3.63, 3.8) is 0 Å². The maximum Gasteiger partial charge on any atom is 0.298 e. The standard InChI is InChI=1S/C21H19FN4O3/c22-16-8-6-14(7-9-16)12-24-19(27)17-18(29-13-15-4-2-1-3-5-15)20(28)26-11-10-23-21(26)25-17/h1-9H,10-13H2,(H,23,25)(H,24,27). The van der Waals surface area contributed by atoms with Crippen LogP contribution in [-0.2, 0) is 19.7 Å². The topological polar surface area (TPSA) is 85.2 Å². The van der Waals surface area contributed by atoms with Crippen molar-refractivity contribution in [1.82, 2.24) is 14.9 Å². The van der Waals surface area contributed by atoms with Gasteiger partial charge in [0.1, 0.15) is 12.4 Å². The van der Waals surface area contributed by atoms with Gasteiger partial charge in [-0.3, -0.25) is 14.2 Å². The molecule has 1 aliphatic heterocycles. The Morgan fingerprint density at radius 1 is 1.14 bits per heavy atom. The maximum atomic E-state index is 13.0. The molecule has 2 N–H and O–H groups in total. The van der Waals surface area contributed by atoms with E-state index in [1.54, 1.807) is 12.1 Å². The Balaban J connectivity index is 1.58. The number of halogens is 1. The van der Waals surface area contributed by atoms with Crippen LogP contribution in [0.25, 0.3) is 0 Å². The lowest BCUT2D eigenvalue weighted by atomic mass is 10.2. The summed E-state index contributed by atoms with van der Waals surface area (Å²) in [4.78, 5) is 29.9. The summed E-state index contributed by atoms with van der Waals surface area (Å²) in [6.45, 7) is 1.33. The van der Waals surface area contributed by atoms with E-state index >= 15 is 0 Å². The number of amides is 1. The van der Waals surface area contributed by atoms with Crippen LogP contribution in [0.15, 0.2) is 59.4 Å². The third-order valence-electron chi connectivity index (χ3n) is 4.55. The van der Waals surface area contributed by atoms with Crippen LogP contribution in [0.1, 0.15) is 21.6 Å². The maximum absolute atomic E-state index is 13.0. The summed E-state index contributed by atoms with van der Waals surface area (Å²) in [6, 6.07) is 15.2. The second-order valence-corrected chi connectivity index (χ2v) is 6.58. The highest BCUT2D eigenvalue weighted by Gasteiger charge is 2.25. The molecule has 0 radical (unpaired) electrons. The fraction of sp³-hybridized carbons (Fsp3) is 0.190. The molecule has 0 unspecified atom stereocenters. The molecule has 3 aromatic rings. The quantitative estimate of drug-likeness (QED) is 0.670. The summed E-state index contributed by atoms with van der Waals surface area (Å²) in [7, 11) is 0. The Morgan fingerprint density at radius 3 is 2.66 bits per heavy atom. The predicted molar refractivity (Wildman–Crippen MR) is 105 cm³/mol. The van der Waals surface area contributed by atoms with Crippen molar-refractivity contribution in [2.75, 3.05) is 11.9 Å². The van der Waals surface area contributed by atoms with E-state index < -0.39 is 11.5 Å². The molecule has 2 heterocycles. The molecule has 1 aliphatic rings. The van der Waals surface area contributed by atoms with E-state index in [0.717, 1.165) is 11.1 Å². The highest BCUT2D eigenvalue weighted by atomic mass is 19.1. The van der Waals surface area contributed by atoms with Crippen LogP contribution in [-0.4, -0.2) is 22.0 Å². The number of carbonyl (C=O) groups is 1. The molecule has 0 atom stereocenters. The summed E-state index contributed by atoms with van der Waals surface area (Å²) < 4.78 is 20.2. The van der Waals surface area contributed by atoms with Gasteiger partial charge in [0.25, 0.3) is 11.5 Å². The van der Waals surface area contributed by atoms with Crippen LogP contribution in [0.4, 0.5) is 10.3 Å². The van der Waals surface area contributed by atoms with Gasteiger partial charge in [0.2, 0.25) is 11.7 Å². The van der Waals surface area contributed by atoms with Gasteiger partial charge >= 0.3 is 0 Å². The summed E-state index contributed by atoms with van der Waals surface area (Å²) in [5.41, 5.74) is 1.12. The molecular weight excluding hydrogens is 375 g/mol.